The lowest BCUT2D eigenvalue weighted by molar-refractivity contribution is -0.130. The lowest BCUT2D eigenvalue weighted by Crippen LogP contribution is -2.45. The first kappa shape index (κ1) is 23.7. The summed E-state index contributed by atoms with van der Waals surface area (Å²) in [6.07, 6.45) is 9.23. The van der Waals surface area contributed by atoms with Crippen LogP contribution in [0, 0.1) is 17.3 Å². The molecule has 2 saturated carbocycles. The number of hydrogen-bond acceptors (Lipinski definition) is 3. The number of rotatable bonds is 8. The summed E-state index contributed by atoms with van der Waals surface area (Å²) in [4.78, 5) is 13.1. The van der Waals surface area contributed by atoms with Crippen LogP contribution in [0.3, 0.4) is 0 Å². The molecular formula is C30H37ClO3. The van der Waals surface area contributed by atoms with Gasteiger partial charge in [0.25, 0.3) is 0 Å². The summed E-state index contributed by atoms with van der Waals surface area (Å²) in [6, 6.07) is 14.6. The Morgan fingerprint density at radius 3 is 2.62 bits per heavy atom. The maximum absolute atomic E-state index is 13.1. The molecule has 3 aliphatic carbocycles. The zero-order chi connectivity index (χ0) is 23.7. The van der Waals surface area contributed by atoms with Gasteiger partial charge in [0.1, 0.15) is 17.3 Å². The van der Waals surface area contributed by atoms with E-state index < -0.39 is 0 Å². The van der Waals surface area contributed by atoms with Gasteiger partial charge in [-0.1, -0.05) is 38.0 Å². The first-order valence-corrected chi connectivity index (χ1v) is 13.7. The number of halogens is 1. The third-order valence-electron chi connectivity index (χ3n) is 9.03. The largest absolute Gasteiger partial charge is 0.508 e. The van der Waals surface area contributed by atoms with Gasteiger partial charge in [-0.05, 0) is 103 Å². The lowest BCUT2D eigenvalue weighted by Gasteiger charge is -2.52. The van der Waals surface area contributed by atoms with Crippen molar-refractivity contribution in [3.63, 3.8) is 0 Å². The van der Waals surface area contributed by atoms with Crippen molar-refractivity contribution >= 4 is 17.4 Å². The number of fused-ring (bicyclic) bond motifs is 5. The highest BCUT2D eigenvalue weighted by atomic mass is 35.5. The Morgan fingerprint density at radius 2 is 1.82 bits per heavy atom. The molecule has 0 radical (unpaired) electrons. The number of benzene rings is 2. The first-order valence-electron chi connectivity index (χ1n) is 13.1. The molecule has 3 nitrogen and oxygen atoms in total. The van der Waals surface area contributed by atoms with Gasteiger partial charge in [0.2, 0.25) is 0 Å². The van der Waals surface area contributed by atoms with Crippen LogP contribution < -0.4 is 4.74 Å². The van der Waals surface area contributed by atoms with Crippen LogP contribution in [0.2, 0.25) is 0 Å². The highest BCUT2D eigenvalue weighted by Gasteiger charge is 2.57. The molecule has 182 valence electrons. The Hall–Kier alpha value is -2.00. The summed E-state index contributed by atoms with van der Waals surface area (Å²) in [5.74, 6) is 4.19. The number of carbonyl (C=O) groups excluding carboxylic acids is 1. The van der Waals surface area contributed by atoms with Gasteiger partial charge in [-0.25, -0.2) is 0 Å². The highest BCUT2D eigenvalue weighted by molar-refractivity contribution is 6.17. The summed E-state index contributed by atoms with van der Waals surface area (Å²) in [7, 11) is 0. The van der Waals surface area contributed by atoms with Gasteiger partial charge in [0.15, 0.2) is 0 Å². The number of hydrogen-bond donors (Lipinski definition) is 1. The van der Waals surface area contributed by atoms with E-state index in [1.807, 2.05) is 12.1 Å². The van der Waals surface area contributed by atoms with Crippen molar-refractivity contribution in [1.82, 2.24) is 0 Å². The predicted octanol–water partition coefficient (Wildman–Crippen LogP) is 7.39. The number of phenols is 1. The number of alkyl halides is 1. The van der Waals surface area contributed by atoms with E-state index in [2.05, 4.69) is 37.3 Å². The Kier molecular flexibility index (Phi) is 6.93. The van der Waals surface area contributed by atoms with Crippen LogP contribution in [0.4, 0.5) is 0 Å². The number of Topliss-reactive ketones (excluding diaryl/α,β-unsaturated/α-hetero) is 1. The molecule has 2 aromatic rings. The number of aryl methyl sites for hydroxylation is 1. The second-order valence-corrected chi connectivity index (χ2v) is 11.3. The Morgan fingerprint density at radius 1 is 1.03 bits per heavy atom. The second-order valence-electron chi connectivity index (χ2n) is 10.9. The van der Waals surface area contributed by atoms with Crippen molar-refractivity contribution in [2.24, 2.45) is 17.3 Å². The van der Waals surface area contributed by atoms with Crippen molar-refractivity contribution in [2.75, 3.05) is 12.5 Å². The Balaban J connectivity index is 1.39. The molecule has 0 amide bonds. The third kappa shape index (κ3) is 4.37. The van der Waals surface area contributed by atoms with E-state index in [0.717, 1.165) is 76.0 Å². The molecule has 5 atom stereocenters. The molecule has 5 rings (SSSR count). The zero-order valence-corrected chi connectivity index (χ0v) is 21.0. The van der Waals surface area contributed by atoms with Crippen molar-refractivity contribution in [1.29, 1.82) is 0 Å². The SMILES string of the molecule is C[C@]12C[C@H](c3ccc(OCCCCCCCl)cc3)[C@@H]3c4ccc(O)cc4CC[C@H]3[C@@H]1CCC2=O. The van der Waals surface area contributed by atoms with Gasteiger partial charge in [0, 0.05) is 17.7 Å². The van der Waals surface area contributed by atoms with Gasteiger partial charge >= 0.3 is 0 Å². The van der Waals surface area contributed by atoms with Crippen LogP contribution >= 0.6 is 11.6 Å². The monoisotopic (exact) mass is 480 g/mol. The minimum Gasteiger partial charge on any atom is -0.508 e. The number of phenolic OH excluding ortho intramolecular Hbond substituents is 1. The van der Waals surface area contributed by atoms with Gasteiger partial charge in [-0.3, -0.25) is 4.79 Å². The van der Waals surface area contributed by atoms with E-state index >= 15 is 0 Å². The number of ether oxygens (including phenoxy) is 1. The number of aromatic hydroxyl groups is 1. The number of ketones is 1. The molecule has 4 heteroatoms. The van der Waals surface area contributed by atoms with E-state index in [4.69, 9.17) is 16.3 Å². The van der Waals surface area contributed by atoms with E-state index in [1.165, 1.54) is 16.7 Å². The van der Waals surface area contributed by atoms with Crippen LogP contribution in [-0.2, 0) is 11.2 Å². The minimum absolute atomic E-state index is 0.210. The third-order valence-corrected chi connectivity index (χ3v) is 9.30. The topological polar surface area (TPSA) is 46.5 Å². The summed E-state index contributed by atoms with van der Waals surface area (Å²) in [5, 5.41) is 10.1. The van der Waals surface area contributed by atoms with E-state index in [0.29, 0.717) is 35.2 Å². The normalized spacial score (nSPS) is 29.9. The van der Waals surface area contributed by atoms with Gasteiger partial charge in [-0.15, -0.1) is 11.6 Å². The average Bonchev–Trinajstić information content (AvgIpc) is 3.15. The minimum atomic E-state index is -0.210. The van der Waals surface area contributed by atoms with Crippen molar-refractivity contribution < 1.29 is 14.6 Å². The molecule has 0 saturated heterocycles. The van der Waals surface area contributed by atoms with Crippen LogP contribution in [0.1, 0.15) is 86.8 Å². The van der Waals surface area contributed by atoms with Crippen LogP contribution in [0.5, 0.6) is 11.5 Å². The molecule has 34 heavy (non-hydrogen) atoms. The number of carbonyl (C=O) groups is 1. The molecule has 2 aromatic carbocycles. The van der Waals surface area contributed by atoms with Crippen LogP contribution in [0.15, 0.2) is 42.5 Å². The molecule has 2 fully saturated rings. The zero-order valence-electron chi connectivity index (χ0n) is 20.3. The molecule has 3 aliphatic rings. The molecule has 0 spiro atoms. The summed E-state index contributed by atoms with van der Waals surface area (Å²) >= 11 is 5.75. The highest BCUT2D eigenvalue weighted by Crippen LogP contribution is 2.64. The predicted molar refractivity (Wildman–Crippen MR) is 137 cm³/mol. The molecule has 0 heterocycles. The fraction of sp³-hybridized carbons (Fsp3) is 0.567. The fourth-order valence-electron chi connectivity index (χ4n) is 7.34. The maximum atomic E-state index is 13.1. The van der Waals surface area contributed by atoms with Crippen molar-refractivity contribution in [3.05, 3.63) is 59.2 Å². The van der Waals surface area contributed by atoms with Crippen molar-refractivity contribution in [2.45, 2.75) is 76.5 Å². The maximum Gasteiger partial charge on any atom is 0.139 e. The smallest absolute Gasteiger partial charge is 0.139 e. The lowest BCUT2D eigenvalue weighted by atomic mass is 9.51. The standard InChI is InChI=1S/C30H37ClO3/c1-30-19-26(20-6-10-23(11-7-20)34-17-5-3-2-4-16-31)29-24-13-9-22(32)18-21(24)8-12-25(29)27(30)14-15-28(30)33/h6-7,9-11,13,18,25-27,29,32H,2-5,8,12,14-17,19H2,1H3/t25-,26+,27-,29+,30-/m0/s1. The summed E-state index contributed by atoms with van der Waals surface area (Å²) in [6.45, 7) is 2.98. The average molecular weight is 481 g/mol. The summed E-state index contributed by atoms with van der Waals surface area (Å²) in [5.41, 5.74) is 3.77. The van der Waals surface area contributed by atoms with Crippen molar-refractivity contribution in [3.8, 4) is 11.5 Å². The first-order chi connectivity index (χ1) is 16.5. The molecule has 1 N–H and O–H groups in total. The van der Waals surface area contributed by atoms with Crippen LogP contribution in [0.25, 0.3) is 0 Å². The molecular weight excluding hydrogens is 444 g/mol. The summed E-state index contributed by atoms with van der Waals surface area (Å²) < 4.78 is 6.00. The van der Waals surface area contributed by atoms with Gasteiger partial charge < -0.3 is 9.84 Å². The molecule has 0 aromatic heterocycles. The Bertz CT molecular complexity index is 1020. The van der Waals surface area contributed by atoms with E-state index in [1.54, 1.807) is 0 Å². The van der Waals surface area contributed by atoms with E-state index in [9.17, 15) is 9.90 Å². The van der Waals surface area contributed by atoms with Crippen LogP contribution in [-0.4, -0.2) is 23.4 Å². The molecule has 0 aliphatic heterocycles. The van der Waals surface area contributed by atoms with Gasteiger partial charge in [0.05, 0.1) is 6.61 Å². The van der Waals surface area contributed by atoms with E-state index in [-0.39, 0.29) is 5.41 Å². The van der Waals surface area contributed by atoms with Gasteiger partial charge in [-0.2, -0.15) is 0 Å². The fourth-order valence-corrected chi connectivity index (χ4v) is 7.53. The Labute approximate surface area is 208 Å². The quantitative estimate of drug-likeness (QED) is 0.316. The second kappa shape index (κ2) is 9.93. The number of unbranched alkanes of at least 4 members (excludes halogenated alkanes) is 3. The molecule has 0 unspecified atom stereocenters. The molecule has 0 bridgehead atoms.